The molecule has 0 saturated heterocycles. The molecule has 0 aliphatic rings. The van der Waals surface area contributed by atoms with Gasteiger partial charge in [-0.1, -0.05) is 11.6 Å². The smallest absolute Gasteiger partial charge is 0.137 e. The average molecular weight is 173 g/mol. The Hall–Kier alpha value is -1.03. The number of amidine groups is 1. The van der Waals surface area contributed by atoms with Crippen molar-refractivity contribution in [3.63, 3.8) is 0 Å². The van der Waals surface area contributed by atoms with E-state index in [2.05, 4.69) is 5.10 Å². The maximum absolute atomic E-state index is 7.17. The van der Waals surface area contributed by atoms with Gasteiger partial charge in [-0.05, 0) is 6.92 Å². The maximum Gasteiger partial charge on any atom is 0.137 e. The highest BCUT2D eigenvalue weighted by Gasteiger charge is 2.12. The lowest BCUT2D eigenvalue weighted by Gasteiger charge is -1.94. The van der Waals surface area contributed by atoms with Crippen molar-refractivity contribution in [3.8, 4) is 0 Å². The van der Waals surface area contributed by atoms with E-state index < -0.39 is 0 Å². The third-order valence-corrected chi connectivity index (χ3v) is 1.86. The van der Waals surface area contributed by atoms with E-state index in [1.807, 2.05) is 0 Å². The molecule has 0 aliphatic heterocycles. The molecule has 0 unspecified atom stereocenters. The van der Waals surface area contributed by atoms with Crippen molar-refractivity contribution in [1.82, 2.24) is 9.78 Å². The summed E-state index contributed by atoms with van der Waals surface area (Å²) in [6.45, 7) is 1.77. The Labute approximate surface area is 69.5 Å². The molecule has 11 heavy (non-hydrogen) atoms. The molecule has 0 saturated carbocycles. The SMILES string of the molecule is Cc1nn(C)c(Cl)c1C(=N)N. The van der Waals surface area contributed by atoms with Crippen molar-refractivity contribution in [2.24, 2.45) is 12.8 Å². The zero-order chi connectivity index (χ0) is 8.59. The minimum atomic E-state index is -0.0411. The van der Waals surface area contributed by atoms with Crippen LogP contribution in [-0.2, 0) is 7.05 Å². The summed E-state index contributed by atoms with van der Waals surface area (Å²) in [4.78, 5) is 0. The highest BCUT2D eigenvalue weighted by Crippen LogP contribution is 2.16. The fourth-order valence-corrected chi connectivity index (χ4v) is 1.21. The molecule has 5 heteroatoms. The molecule has 0 spiro atoms. The summed E-state index contributed by atoms with van der Waals surface area (Å²) >= 11 is 5.79. The predicted molar refractivity (Wildman–Crippen MR) is 44.0 cm³/mol. The molecule has 1 rings (SSSR count). The fourth-order valence-electron chi connectivity index (χ4n) is 0.936. The molecular formula is C6H9ClN4. The second-order valence-electron chi connectivity index (χ2n) is 2.29. The molecular weight excluding hydrogens is 164 g/mol. The van der Waals surface area contributed by atoms with Crippen LogP contribution in [0.3, 0.4) is 0 Å². The Morgan fingerprint density at radius 3 is 2.45 bits per heavy atom. The molecule has 0 aromatic carbocycles. The van der Waals surface area contributed by atoms with Gasteiger partial charge in [0, 0.05) is 7.05 Å². The van der Waals surface area contributed by atoms with Gasteiger partial charge < -0.3 is 5.73 Å². The monoisotopic (exact) mass is 172 g/mol. The van der Waals surface area contributed by atoms with E-state index in [1.165, 1.54) is 4.68 Å². The van der Waals surface area contributed by atoms with Gasteiger partial charge in [-0.2, -0.15) is 5.10 Å². The summed E-state index contributed by atoms with van der Waals surface area (Å²) in [6, 6.07) is 0. The summed E-state index contributed by atoms with van der Waals surface area (Å²) in [5.74, 6) is -0.0411. The molecule has 1 aromatic rings. The third-order valence-electron chi connectivity index (χ3n) is 1.42. The summed E-state index contributed by atoms with van der Waals surface area (Å²) in [7, 11) is 1.71. The van der Waals surface area contributed by atoms with Gasteiger partial charge in [-0.25, -0.2) is 0 Å². The first kappa shape index (κ1) is 8.07. The molecule has 3 N–H and O–H groups in total. The zero-order valence-electron chi connectivity index (χ0n) is 6.35. The van der Waals surface area contributed by atoms with Gasteiger partial charge >= 0.3 is 0 Å². The highest BCUT2D eigenvalue weighted by atomic mass is 35.5. The molecule has 0 aliphatic carbocycles. The lowest BCUT2D eigenvalue weighted by atomic mass is 10.2. The van der Waals surface area contributed by atoms with Crippen LogP contribution in [-0.4, -0.2) is 15.6 Å². The van der Waals surface area contributed by atoms with E-state index in [0.29, 0.717) is 16.4 Å². The molecule has 0 amide bonds. The lowest BCUT2D eigenvalue weighted by Crippen LogP contribution is -2.12. The maximum atomic E-state index is 7.17. The van der Waals surface area contributed by atoms with E-state index in [9.17, 15) is 0 Å². The van der Waals surface area contributed by atoms with Gasteiger partial charge in [-0.15, -0.1) is 0 Å². The topological polar surface area (TPSA) is 67.7 Å². The van der Waals surface area contributed by atoms with Crippen LogP contribution < -0.4 is 5.73 Å². The van der Waals surface area contributed by atoms with E-state index in [1.54, 1.807) is 14.0 Å². The van der Waals surface area contributed by atoms with Gasteiger partial charge in [0.05, 0.1) is 11.3 Å². The number of aryl methyl sites for hydroxylation is 2. The number of rotatable bonds is 1. The molecule has 0 radical (unpaired) electrons. The quantitative estimate of drug-likeness (QED) is 0.483. The Kier molecular flexibility index (Phi) is 1.87. The van der Waals surface area contributed by atoms with Gasteiger partial charge in [-0.3, -0.25) is 10.1 Å². The molecule has 0 bridgehead atoms. The van der Waals surface area contributed by atoms with Crippen molar-refractivity contribution >= 4 is 17.4 Å². The number of aromatic nitrogens is 2. The van der Waals surface area contributed by atoms with Gasteiger partial charge in [0.15, 0.2) is 0 Å². The van der Waals surface area contributed by atoms with E-state index in [4.69, 9.17) is 22.7 Å². The first-order valence-corrected chi connectivity index (χ1v) is 3.45. The fraction of sp³-hybridized carbons (Fsp3) is 0.333. The summed E-state index contributed by atoms with van der Waals surface area (Å²) in [6.07, 6.45) is 0. The lowest BCUT2D eigenvalue weighted by molar-refractivity contribution is 0.757. The zero-order valence-corrected chi connectivity index (χ0v) is 7.11. The first-order valence-electron chi connectivity index (χ1n) is 3.07. The number of halogens is 1. The van der Waals surface area contributed by atoms with Crippen LogP contribution in [0.25, 0.3) is 0 Å². The number of nitrogens with zero attached hydrogens (tertiary/aromatic N) is 2. The van der Waals surface area contributed by atoms with Crippen molar-refractivity contribution in [2.45, 2.75) is 6.92 Å². The number of nitrogens with two attached hydrogens (primary N) is 1. The Balaban J connectivity index is 3.34. The van der Waals surface area contributed by atoms with E-state index in [0.717, 1.165) is 0 Å². The Bertz CT molecular complexity index is 302. The third kappa shape index (κ3) is 1.21. The Morgan fingerprint density at radius 2 is 2.27 bits per heavy atom. The predicted octanol–water partition coefficient (Wildman–Crippen LogP) is 0.666. The van der Waals surface area contributed by atoms with Crippen LogP contribution in [0.5, 0.6) is 0 Å². The van der Waals surface area contributed by atoms with E-state index in [-0.39, 0.29) is 5.84 Å². The van der Waals surface area contributed by atoms with Crippen LogP contribution in [0.15, 0.2) is 0 Å². The average Bonchev–Trinajstić information content (AvgIpc) is 2.07. The number of hydrogen-bond acceptors (Lipinski definition) is 2. The van der Waals surface area contributed by atoms with Crippen LogP contribution in [0.1, 0.15) is 11.3 Å². The molecule has 0 atom stereocenters. The van der Waals surface area contributed by atoms with Crippen LogP contribution in [0.2, 0.25) is 5.15 Å². The van der Waals surface area contributed by atoms with Crippen LogP contribution in [0.4, 0.5) is 0 Å². The van der Waals surface area contributed by atoms with Crippen molar-refractivity contribution < 1.29 is 0 Å². The summed E-state index contributed by atoms with van der Waals surface area (Å²) in [5, 5.41) is 11.6. The Morgan fingerprint density at radius 1 is 1.73 bits per heavy atom. The van der Waals surface area contributed by atoms with Gasteiger partial charge in [0.1, 0.15) is 11.0 Å². The second-order valence-corrected chi connectivity index (χ2v) is 2.65. The largest absolute Gasteiger partial charge is 0.384 e. The molecule has 60 valence electrons. The number of hydrogen-bond donors (Lipinski definition) is 2. The molecule has 1 aromatic heterocycles. The number of nitrogens with one attached hydrogen (secondary N) is 1. The van der Waals surface area contributed by atoms with Crippen molar-refractivity contribution in [3.05, 3.63) is 16.4 Å². The van der Waals surface area contributed by atoms with Gasteiger partial charge in [0.2, 0.25) is 0 Å². The molecule has 4 nitrogen and oxygen atoms in total. The highest BCUT2D eigenvalue weighted by molar-refractivity contribution is 6.33. The standard InChI is InChI=1S/C6H9ClN4/c1-3-4(6(8)9)5(7)11(2)10-3/h1-2H3,(H3,8,9). The second kappa shape index (κ2) is 2.54. The summed E-state index contributed by atoms with van der Waals surface area (Å²) < 4.78 is 1.49. The van der Waals surface area contributed by atoms with Crippen molar-refractivity contribution in [1.29, 1.82) is 5.41 Å². The number of nitrogen functional groups attached to an aromatic ring is 1. The van der Waals surface area contributed by atoms with E-state index >= 15 is 0 Å². The summed E-state index contributed by atoms with van der Waals surface area (Å²) in [5.41, 5.74) is 6.48. The normalized spacial score (nSPS) is 10.1. The van der Waals surface area contributed by atoms with Gasteiger partial charge in [0.25, 0.3) is 0 Å². The minimum absolute atomic E-state index is 0.0411. The first-order chi connectivity index (χ1) is 5.04. The molecule has 0 fully saturated rings. The van der Waals surface area contributed by atoms with Crippen molar-refractivity contribution in [2.75, 3.05) is 0 Å². The minimum Gasteiger partial charge on any atom is -0.384 e. The van der Waals surface area contributed by atoms with Crippen LogP contribution >= 0.6 is 11.6 Å². The van der Waals surface area contributed by atoms with Crippen LogP contribution in [0, 0.1) is 12.3 Å². The molecule has 1 heterocycles.